The molecule has 0 aliphatic heterocycles. The first-order valence-corrected chi connectivity index (χ1v) is 9.45. The highest BCUT2D eigenvalue weighted by atomic mass is 32.2. The first-order chi connectivity index (χ1) is 12.0. The van der Waals surface area contributed by atoms with E-state index < -0.39 is 0 Å². The zero-order valence-corrected chi connectivity index (χ0v) is 16.1. The van der Waals surface area contributed by atoms with Gasteiger partial charge in [0.2, 0.25) is 0 Å². The molecule has 0 unspecified atom stereocenters. The molecular formula is C18H23N3O2S2. The molecule has 0 aromatic heterocycles. The number of thioether (sulfide) groups is 1. The van der Waals surface area contributed by atoms with Gasteiger partial charge in [0.25, 0.3) is 5.69 Å². The molecule has 25 heavy (non-hydrogen) atoms. The van der Waals surface area contributed by atoms with Crippen LogP contribution in [0.15, 0.2) is 58.3 Å². The predicted octanol–water partition coefficient (Wildman–Crippen LogP) is 4.41. The lowest BCUT2D eigenvalue weighted by molar-refractivity contribution is -0.384. The van der Waals surface area contributed by atoms with E-state index in [9.17, 15) is 10.1 Å². The monoisotopic (exact) mass is 377 g/mol. The summed E-state index contributed by atoms with van der Waals surface area (Å²) in [4.78, 5) is 14.8. The van der Waals surface area contributed by atoms with Crippen molar-refractivity contribution in [3.05, 3.63) is 58.6 Å². The summed E-state index contributed by atoms with van der Waals surface area (Å²) >= 11 is 5.95. The molecule has 0 fully saturated rings. The normalized spacial score (nSPS) is 12.2. The molecule has 0 radical (unpaired) electrons. The van der Waals surface area contributed by atoms with Crippen molar-refractivity contribution in [2.75, 3.05) is 31.7 Å². The van der Waals surface area contributed by atoms with Gasteiger partial charge in [-0.15, -0.1) is 24.4 Å². The standard InChI is InChI=1S/C18H23N3O2S2/c1-20(2)11-10-14(13-25-16-6-4-3-5-7-16)19-17-9-8-15(24)12-18(17)21(22)23/h3-9,12,14,19,24H,10-11,13H2,1-2H3/t14-/m0/s1. The Morgan fingerprint density at radius 2 is 1.96 bits per heavy atom. The molecule has 7 heteroatoms. The summed E-state index contributed by atoms with van der Waals surface area (Å²) in [5.74, 6) is 0.831. The summed E-state index contributed by atoms with van der Waals surface area (Å²) in [6.45, 7) is 0.908. The van der Waals surface area contributed by atoms with Gasteiger partial charge in [-0.25, -0.2) is 0 Å². The van der Waals surface area contributed by atoms with Gasteiger partial charge in [0, 0.05) is 27.7 Å². The van der Waals surface area contributed by atoms with E-state index in [4.69, 9.17) is 0 Å². The molecule has 0 heterocycles. The second-order valence-corrected chi connectivity index (χ2v) is 7.63. The third-order valence-electron chi connectivity index (χ3n) is 3.66. The Morgan fingerprint density at radius 3 is 2.60 bits per heavy atom. The minimum atomic E-state index is -0.366. The Hall–Kier alpha value is -1.70. The molecule has 5 nitrogen and oxygen atoms in total. The van der Waals surface area contributed by atoms with Crippen LogP contribution in [0.2, 0.25) is 0 Å². The molecule has 2 aromatic rings. The van der Waals surface area contributed by atoms with Crippen molar-refractivity contribution in [3.63, 3.8) is 0 Å². The number of nitro groups is 1. The molecular weight excluding hydrogens is 354 g/mol. The number of anilines is 1. The number of thiol groups is 1. The highest BCUT2D eigenvalue weighted by molar-refractivity contribution is 7.99. The van der Waals surface area contributed by atoms with Gasteiger partial charge in [-0.3, -0.25) is 10.1 Å². The second kappa shape index (κ2) is 9.70. The maximum absolute atomic E-state index is 11.3. The van der Waals surface area contributed by atoms with Crippen LogP contribution in [0.25, 0.3) is 0 Å². The lowest BCUT2D eigenvalue weighted by atomic mass is 10.2. The molecule has 0 spiro atoms. The molecule has 0 saturated heterocycles. The largest absolute Gasteiger partial charge is 0.376 e. The molecule has 134 valence electrons. The third kappa shape index (κ3) is 6.61. The van der Waals surface area contributed by atoms with Crippen LogP contribution in [-0.2, 0) is 0 Å². The SMILES string of the molecule is CN(C)CC[C@@H](CSc1ccccc1)Nc1ccc(S)cc1[N+](=O)[O-]. The average molecular weight is 378 g/mol. The van der Waals surface area contributed by atoms with E-state index in [0.29, 0.717) is 10.6 Å². The summed E-state index contributed by atoms with van der Waals surface area (Å²) in [6, 6.07) is 15.3. The van der Waals surface area contributed by atoms with Crippen LogP contribution in [0, 0.1) is 10.1 Å². The summed E-state index contributed by atoms with van der Waals surface area (Å²) in [5.41, 5.74) is 0.604. The van der Waals surface area contributed by atoms with Crippen molar-refractivity contribution in [1.29, 1.82) is 0 Å². The summed E-state index contributed by atoms with van der Waals surface area (Å²) in [6.07, 6.45) is 0.895. The van der Waals surface area contributed by atoms with Crippen LogP contribution in [-0.4, -0.2) is 42.3 Å². The second-order valence-electron chi connectivity index (χ2n) is 6.02. The Bertz CT molecular complexity index is 696. The van der Waals surface area contributed by atoms with Crippen molar-refractivity contribution < 1.29 is 4.92 Å². The van der Waals surface area contributed by atoms with Crippen LogP contribution in [0.3, 0.4) is 0 Å². The van der Waals surface area contributed by atoms with E-state index in [1.807, 2.05) is 32.3 Å². The number of nitrogens with zero attached hydrogens (tertiary/aromatic N) is 2. The molecule has 1 atom stereocenters. The smallest absolute Gasteiger partial charge is 0.293 e. The lowest BCUT2D eigenvalue weighted by Crippen LogP contribution is -2.28. The number of nitro benzene ring substituents is 1. The fraction of sp³-hybridized carbons (Fsp3) is 0.333. The maximum Gasteiger partial charge on any atom is 0.293 e. The molecule has 0 amide bonds. The van der Waals surface area contributed by atoms with E-state index in [2.05, 4.69) is 35.0 Å². The average Bonchev–Trinajstić information content (AvgIpc) is 2.59. The van der Waals surface area contributed by atoms with Crippen LogP contribution in [0.1, 0.15) is 6.42 Å². The fourth-order valence-electron chi connectivity index (χ4n) is 2.34. The molecule has 0 bridgehead atoms. The number of nitrogens with one attached hydrogen (secondary N) is 1. The van der Waals surface area contributed by atoms with Gasteiger partial charge in [0.15, 0.2) is 0 Å². The Balaban J connectivity index is 2.11. The maximum atomic E-state index is 11.3. The van der Waals surface area contributed by atoms with Gasteiger partial charge >= 0.3 is 0 Å². The zero-order chi connectivity index (χ0) is 18.2. The Kier molecular flexibility index (Phi) is 7.61. The molecule has 1 N–H and O–H groups in total. The summed E-state index contributed by atoms with van der Waals surface area (Å²) < 4.78 is 0. The van der Waals surface area contributed by atoms with E-state index in [1.165, 1.54) is 11.0 Å². The van der Waals surface area contributed by atoms with Gasteiger partial charge in [-0.1, -0.05) is 18.2 Å². The highest BCUT2D eigenvalue weighted by Crippen LogP contribution is 2.29. The molecule has 0 aliphatic rings. The first kappa shape index (κ1) is 19.6. The number of rotatable bonds is 9. The molecule has 2 rings (SSSR count). The van der Waals surface area contributed by atoms with Crippen molar-refractivity contribution in [3.8, 4) is 0 Å². The van der Waals surface area contributed by atoms with Crippen molar-refractivity contribution in [2.45, 2.75) is 22.3 Å². The first-order valence-electron chi connectivity index (χ1n) is 8.02. The van der Waals surface area contributed by atoms with E-state index in [1.54, 1.807) is 23.9 Å². The van der Waals surface area contributed by atoms with Crippen molar-refractivity contribution >= 4 is 35.8 Å². The topological polar surface area (TPSA) is 58.4 Å². The van der Waals surface area contributed by atoms with Crippen LogP contribution in [0.4, 0.5) is 11.4 Å². The lowest BCUT2D eigenvalue weighted by Gasteiger charge is -2.21. The molecule has 0 saturated carbocycles. The summed E-state index contributed by atoms with van der Waals surface area (Å²) in [5, 5.41) is 14.7. The van der Waals surface area contributed by atoms with E-state index in [0.717, 1.165) is 18.7 Å². The van der Waals surface area contributed by atoms with Gasteiger partial charge in [0.1, 0.15) is 5.69 Å². The van der Waals surface area contributed by atoms with Crippen LogP contribution < -0.4 is 5.32 Å². The van der Waals surface area contributed by atoms with Crippen LogP contribution in [0.5, 0.6) is 0 Å². The van der Waals surface area contributed by atoms with E-state index >= 15 is 0 Å². The van der Waals surface area contributed by atoms with E-state index in [-0.39, 0.29) is 16.7 Å². The zero-order valence-electron chi connectivity index (χ0n) is 14.4. The van der Waals surface area contributed by atoms with Gasteiger partial charge < -0.3 is 10.2 Å². The highest BCUT2D eigenvalue weighted by Gasteiger charge is 2.18. The fourth-order valence-corrected chi connectivity index (χ4v) is 3.53. The summed E-state index contributed by atoms with van der Waals surface area (Å²) in [7, 11) is 4.05. The number of hydrogen-bond donors (Lipinski definition) is 2. The van der Waals surface area contributed by atoms with Crippen molar-refractivity contribution in [2.24, 2.45) is 0 Å². The van der Waals surface area contributed by atoms with Gasteiger partial charge in [-0.2, -0.15) is 0 Å². The van der Waals surface area contributed by atoms with Crippen LogP contribution >= 0.6 is 24.4 Å². The minimum Gasteiger partial charge on any atom is -0.376 e. The number of hydrogen-bond acceptors (Lipinski definition) is 6. The minimum absolute atomic E-state index is 0.0621. The van der Waals surface area contributed by atoms with Gasteiger partial charge in [-0.05, 0) is 51.3 Å². The Morgan fingerprint density at radius 1 is 1.24 bits per heavy atom. The molecule has 2 aromatic carbocycles. The predicted molar refractivity (Wildman–Crippen MR) is 108 cm³/mol. The Labute approximate surface area is 158 Å². The van der Waals surface area contributed by atoms with Crippen molar-refractivity contribution in [1.82, 2.24) is 4.90 Å². The third-order valence-corrected chi connectivity index (χ3v) is 5.11. The van der Waals surface area contributed by atoms with Gasteiger partial charge in [0.05, 0.1) is 4.92 Å². The number of benzene rings is 2. The molecule has 0 aliphatic carbocycles. The quantitative estimate of drug-likeness (QED) is 0.293.